The minimum Gasteiger partial charge on any atom is -0.484 e. The number of benzene rings is 2. The van der Waals surface area contributed by atoms with Crippen molar-refractivity contribution in [2.24, 2.45) is 0 Å². The summed E-state index contributed by atoms with van der Waals surface area (Å²) in [6, 6.07) is 14.1. The third-order valence-electron chi connectivity index (χ3n) is 2.90. The van der Waals surface area contributed by atoms with Gasteiger partial charge in [0.2, 0.25) is 0 Å². The molecule has 22 heavy (non-hydrogen) atoms. The fraction of sp³-hybridized carbons (Fsp3) is 0.250. The van der Waals surface area contributed by atoms with E-state index >= 15 is 0 Å². The van der Waals surface area contributed by atoms with Gasteiger partial charge in [0.1, 0.15) is 5.75 Å². The number of nitrogens with one attached hydrogen (secondary N) is 1. The average molecular weight is 330 g/mol. The lowest BCUT2D eigenvalue weighted by Crippen LogP contribution is -2.19. The Hall–Kier alpha value is -1.72. The zero-order chi connectivity index (χ0) is 16.0. The minimum atomic E-state index is -4.32. The van der Waals surface area contributed by atoms with Crippen LogP contribution in [0.1, 0.15) is 11.1 Å². The van der Waals surface area contributed by atoms with E-state index in [-0.39, 0.29) is 5.75 Å². The number of hydrogen-bond donors (Lipinski definition) is 1. The molecule has 2 nitrogen and oxygen atoms in total. The molecule has 0 saturated heterocycles. The van der Waals surface area contributed by atoms with E-state index in [1.165, 1.54) is 12.1 Å². The zero-order valence-electron chi connectivity index (χ0n) is 11.7. The van der Waals surface area contributed by atoms with E-state index in [1.807, 2.05) is 24.3 Å². The van der Waals surface area contributed by atoms with Crippen LogP contribution >= 0.6 is 11.6 Å². The normalized spacial score (nSPS) is 11.5. The first-order chi connectivity index (χ1) is 10.4. The summed E-state index contributed by atoms with van der Waals surface area (Å²) in [5.74, 6) is 0.207. The summed E-state index contributed by atoms with van der Waals surface area (Å²) < 4.78 is 40.7. The van der Waals surface area contributed by atoms with Gasteiger partial charge in [-0.05, 0) is 35.4 Å². The second kappa shape index (κ2) is 7.51. The fourth-order valence-corrected chi connectivity index (χ4v) is 1.95. The van der Waals surface area contributed by atoms with Crippen LogP contribution in [0.15, 0.2) is 48.5 Å². The molecule has 0 aliphatic carbocycles. The molecule has 0 aliphatic heterocycles. The van der Waals surface area contributed by atoms with Crippen LogP contribution in [0.4, 0.5) is 13.2 Å². The van der Waals surface area contributed by atoms with Gasteiger partial charge in [-0.1, -0.05) is 35.9 Å². The molecule has 2 rings (SSSR count). The Kier molecular flexibility index (Phi) is 5.69. The van der Waals surface area contributed by atoms with Gasteiger partial charge >= 0.3 is 6.18 Å². The molecule has 0 heterocycles. The largest absolute Gasteiger partial charge is 0.484 e. The number of ether oxygens (including phenoxy) is 1. The lowest BCUT2D eigenvalue weighted by atomic mass is 10.2. The summed E-state index contributed by atoms with van der Waals surface area (Å²) in [6.07, 6.45) is -4.32. The van der Waals surface area contributed by atoms with E-state index in [0.717, 1.165) is 11.1 Å². The van der Waals surface area contributed by atoms with Crippen molar-refractivity contribution in [3.8, 4) is 5.75 Å². The van der Waals surface area contributed by atoms with Crippen LogP contribution < -0.4 is 10.1 Å². The zero-order valence-corrected chi connectivity index (χ0v) is 12.4. The Morgan fingerprint density at radius 3 is 1.86 bits per heavy atom. The van der Waals surface area contributed by atoms with Crippen LogP contribution in [0.2, 0.25) is 5.02 Å². The molecule has 0 aromatic heterocycles. The van der Waals surface area contributed by atoms with E-state index in [9.17, 15) is 13.2 Å². The van der Waals surface area contributed by atoms with Crippen molar-refractivity contribution < 1.29 is 17.9 Å². The number of halogens is 4. The highest BCUT2D eigenvalue weighted by atomic mass is 35.5. The monoisotopic (exact) mass is 329 g/mol. The molecule has 0 aliphatic rings. The van der Waals surface area contributed by atoms with Crippen molar-refractivity contribution in [1.82, 2.24) is 5.32 Å². The highest BCUT2D eigenvalue weighted by Gasteiger charge is 2.28. The molecule has 0 amide bonds. The lowest BCUT2D eigenvalue weighted by Gasteiger charge is -2.10. The molecule has 0 radical (unpaired) electrons. The predicted molar refractivity (Wildman–Crippen MR) is 80.0 cm³/mol. The Morgan fingerprint density at radius 2 is 1.36 bits per heavy atom. The third kappa shape index (κ3) is 5.95. The summed E-state index contributed by atoms with van der Waals surface area (Å²) in [4.78, 5) is 0. The first-order valence-corrected chi connectivity index (χ1v) is 7.04. The first kappa shape index (κ1) is 16.6. The molecule has 118 valence electrons. The van der Waals surface area contributed by atoms with Gasteiger partial charge in [0.15, 0.2) is 6.61 Å². The van der Waals surface area contributed by atoms with E-state index in [2.05, 4.69) is 10.1 Å². The minimum absolute atomic E-state index is 0.207. The maximum absolute atomic E-state index is 12.0. The second-order valence-corrected chi connectivity index (χ2v) is 5.21. The average Bonchev–Trinajstić information content (AvgIpc) is 2.48. The van der Waals surface area contributed by atoms with Crippen molar-refractivity contribution in [3.05, 3.63) is 64.7 Å². The van der Waals surface area contributed by atoms with E-state index in [4.69, 9.17) is 11.6 Å². The topological polar surface area (TPSA) is 21.3 Å². The van der Waals surface area contributed by atoms with Crippen molar-refractivity contribution in [1.29, 1.82) is 0 Å². The number of hydrogen-bond acceptors (Lipinski definition) is 2. The Morgan fingerprint density at radius 1 is 0.864 bits per heavy atom. The predicted octanol–water partition coefficient (Wildman–Crippen LogP) is 4.57. The SMILES string of the molecule is FC(F)(F)COc1ccc(CNCc2ccc(Cl)cc2)cc1. The molecule has 6 heteroatoms. The highest BCUT2D eigenvalue weighted by Crippen LogP contribution is 2.18. The quantitative estimate of drug-likeness (QED) is 0.838. The van der Waals surface area contributed by atoms with Gasteiger partial charge < -0.3 is 10.1 Å². The number of rotatable bonds is 6. The van der Waals surface area contributed by atoms with Crippen molar-refractivity contribution >= 4 is 11.6 Å². The standard InChI is InChI=1S/C16H15ClF3NO/c17-14-5-1-12(2-6-14)9-21-10-13-3-7-15(8-4-13)22-11-16(18,19)20/h1-8,21H,9-11H2. The molecule has 2 aromatic carbocycles. The van der Waals surface area contributed by atoms with E-state index < -0.39 is 12.8 Å². The molecule has 0 atom stereocenters. The van der Waals surface area contributed by atoms with Crippen LogP contribution in [0.3, 0.4) is 0 Å². The van der Waals surface area contributed by atoms with Gasteiger partial charge in [0.25, 0.3) is 0 Å². The summed E-state index contributed by atoms with van der Waals surface area (Å²) in [5, 5.41) is 3.94. The van der Waals surface area contributed by atoms with Gasteiger partial charge in [-0.15, -0.1) is 0 Å². The van der Waals surface area contributed by atoms with Gasteiger partial charge in [-0.2, -0.15) is 13.2 Å². The highest BCUT2D eigenvalue weighted by molar-refractivity contribution is 6.30. The van der Waals surface area contributed by atoms with Crippen molar-refractivity contribution in [2.45, 2.75) is 19.3 Å². The Bertz CT molecular complexity index is 582. The first-order valence-electron chi connectivity index (χ1n) is 6.66. The summed E-state index contributed by atoms with van der Waals surface area (Å²) in [7, 11) is 0. The van der Waals surface area contributed by atoms with Crippen LogP contribution in [0.5, 0.6) is 5.75 Å². The summed E-state index contributed by atoms with van der Waals surface area (Å²) >= 11 is 5.81. The molecule has 0 unspecified atom stereocenters. The van der Waals surface area contributed by atoms with E-state index in [0.29, 0.717) is 18.1 Å². The number of alkyl halides is 3. The third-order valence-corrected chi connectivity index (χ3v) is 3.15. The lowest BCUT2D eigenvalue weighted by molar-refractivity contribution is -0.153. The van der Waals surface area contributed by atoms with Gasteiger partial charge in [-0.3, -0.25) is 0 Å². The fourth-order valence-electron chi connectivity index (χ4n) is 1.82. The maximum atomic E-state index is 12.0. The Balaban J connectivity index is 1.77. The summed E-state index contributed by atoms with van der Waals surface area (Å²) in [6.45, 7) is 0.0207. The molecule has 1 N–H and O–H groups in total. The smallest absolute Gasteiger partial charge is 0.422 e. The molecular formula is C16H15ClF3NO. The molecule has 2 aromatic rings. The Labute approximate surface area is 131 Å². The van der Waals surface area contributed by atoms with Crippen LogP contribution in [0, 0.1) is 0 Å². The maximum Gasteiger partial charge on any atom is 0.422 e. The van der Waals surface area contributed by atoms with Crippen LogP contribution in [0.25, 0.3) is 0 Å². The van der Waals surface area contributed by atoms with Crippen molar-refractivity contribution in [3.63, 3.8) is 0 Å². The van der Waals surface area contributed by atoms with E-state index in [1.54, 1.807) is 12.1 Å². The summed E-state index contributed by atoms with van der Waals surface area (Å²) in [5.41, 5.74) is 2.07. The second-order valence-electron chi connectivity index (χ2n) is 4.78. The van der Waals surface area contributed by atoms with Crippen LogP contribution in [-0.4, -0.2) is 12.8 Å². The molecule has 0 bridgehead atoms. The van der Waals surface area contributed by atoms with Crippen LogP contribution in [-0.2, 0) is 13.1 Å². The molecule has 0 saturated carbocycles. The van der Waals surface area contributed by atoms with Gasteiger partial charge in [0, 0.05) is 18.1 Å². The molecular weight excluding hydrogens is 315 g/mol. The molecule has 0 spiro atoms. The molecule has 0 fully saturated rings. The van der Waals surface area contributed by atoms with Gasteiger partial charge in [-0.25, -0.2) is 0 Å². The van der Waals surface area contributed by atoms with Crippen molar-refractivity contribution in [2.75, 3.05) is 6.61 Å². The van der Waals surface area contributed by atoms with Gasteiger partial charge in [0.05, 0.1) is 0 Å².